The maximum Gasteiger partial charge on any atom is 0.243 e. The van der Waals surface area contributed by atoms with Crippen molar-refractivity contribution in [3.8, 4) is 22.3 Å². The summed E-state index contributed by atoms with van der Waals surface area (Å²) >= 11 is 0. The van der Waals surface area contributed by atoms with Gasteiger partial charge < -0.3 is 0 Å². The molecule has 0 amide bonds. The molecule has 4 aliphatic heterocycles. The molecule has 0 fully saturated rings. The maximum absolute atomic E-state index is 2.59. The van der Waals surface area contributed by atoms with E-state index in [1.165, 1.54) is 121 Å². The Kier molecular flexibility index (Phi) is 5.60. The van der Waals surface area contributed by atoms with Crippen molar-refractivity contribution in [2.24, 2.45) is 0 Å². The van der Waals surface area contributed by atoms with E-state index in [4.69, 9.17) is 0 Å². The fourth-order valence-electron chi connectivity index (χ4n) is 12.2. The lowest BCUT2D eigenvalue weighted by molar-refractivity contribution is 0.987. The SMILES string of the molecule is c1ccc(C2c3ccccc3B3c4c(cccc42)-c2ccc4cc5c6c(ccc7cc3c2c4c76)-c2cccc3c2B5c2ccccc2C3c2ccccc2)cc1. The molecule has 0 saturated carbocycles. The van der Waals surface area contributed by atoms with Crippen LogP contribution >= 0.6 is 0 Å². The molecule has 4 heterocycles. The van der Waals surface area contributed by atoms with Crippen LogP contribution in [-0.2, 0) is 0 Å². The lowest BCUT2D eigenvalue weighted by Crippen LogP contribution is -2.60. The molecule has 14 rings (SSSR count). The van der Waals surface area contributed by atoms with Crippen molar-refractivity contribution in [1.82, 2.24) is 0 Å². The molecule has 10 aromatic rings. The first-order valence-corrected chi connectivity index (χ1v) is 20.2. The molecule has 10 aromatic carbocycles. The second-order valence-corrected chi connectivity index (χ2v) is 16.5. The Balaban J connectivity index is 1.09. The second kappa shape index (κ2) is 10.6. The number of fused-ring (bicyclic) bond motifs is 8. The van der Waals surface area contributed by atoms with Gasteiger partial charge in [0.05, 0.1) is 0 Å². The van der Waals surface area contributed by atoms with E-state index < -0.39 is 0 Å². The van der Waals surface area contributed by atoms with Gasteiger partial charge in [0.15, 0.2) is 0 Å². The highest BCUT2D eigenvalue weighted by Crippen LogP contribution is 2.47. The smallest absolute Gasteiger partial charge is 0.0667 e. The highest BCUT2D eigenvalue weighted by Gasteiger charge is 2.44. The molecular formula is C54H32B2. The van der Waals surface area contributed by atoms with Crippen LogP contribution in [-0.4, -0.2) is 13.4 Å². The molecule has 0 spiro atoms. The molecule has 2 atom stereocenters. The first-order valence-electron chi connectivity index (χ1n) is 20.2. The van der Waals surface area contributed by atoms with Crippen molar-refractivity contribution in [1.29, 1.82) is 0 Å². The van der Waals surface area contributed by atoms with E-state index in [1.54, 1.807) is 0 Å². The van der Waals surface area contributed by atoms with Gasteiger partial charge in [-0.1, -0.05) is 215 Å². The summed E-state index contributed by atoms with van der Waals surface area (Å²) in [6.07, 6.45) is 0. The van der Waals surface area contributed by atoms with Crippen molar-refractivity contribution in [2.75, 3.05) is 0 Å². The van der Waals surface area contributed by atoms with Crippen LogP contribution < -0.4 is 32.8 Å². The van der Waals surface area contributed by atoms with Gasteiger partial charge in [-0.15, -0.1) is 0 Å². The van der Waals surface area contributed by atoms with Gasteiger partial charge >= 0.3 is 0 Å². The van der Waals surface area contributed by atoms with Gasteiger partial charge in [-0.05, 0) is 88.0 Å². The quantitative estimate of drug-likeness (QED) is 0.125. The molecule has 4 aliphatic rings. The fraction of sp³-hybridized carbons (Fsp3) is 0.0370. The van der Waals surface area contributed by atoms with Crippen molar-refractivity contribution >= 4 is 78.5 Å². The average molecular weight is 702 g/mol. The Bertz CT molecular complexity index is 3100. The number of benzene rings is 10. The van der Waals surface area contributed by atoms with E-state index >= 15 is 0 Å². The van der Waals surface area contributed by atoms with Gasteiger partial charge in [0.2, 0.25) is 13.4 Å². The summed E-state index contributed by atoms with van der Waals surface area (Å²) in [7, 11) is 0. The van der Waals surface area contributed by atoms with Crippen LogP contribution in [0.5, 0.6) is 0 Å². The molecule has 254 valence electrons. The van der Waals surface area contributed by atoms with Gasteiger partial charge in [-0.25, -0.2) is 0 Å². The van der Waals surface area contributed by atoms with E-state index in [2.05, 4.69) is 182 Å². The molecule has 0 bridgehead atoms. The third-order valence-corrected chi connectivity index (χ3v) is 14.1. The Morgan fingerprint density at radius 2 is 0.696 bits per heavy atom. The predicted octanol–water partition coefficient (Wildman–Crippen LogP) is 8.56. The molecule has 0 N–H and O–H groups in total. The number of hydrogen-bond acceptors (Lipinski definition) is 0. The summed E-state index contributed by atoms with van der Waals surface area (Å²) in [6, 6.07) is 70.0. The molecule has 0 saturated heterocycles. The predicted molar refractivity (Wildman–Crippen MR) is 238 cm³/mol. The molecule has 2 unspecified atom stereocenters. The summed E-state index contributed by atoms with van der Waals surface area (Å²) in [4.78, 5) is 0. The summed E-state index contributed by atoms with van der Waals surface area (Å²) in [6.45, 7) is 0.351. The van der Waals surface area contributed by atoms with Crippen LogP contribution in [0.15, 0.2) is 182 Å². The average Bonchev–Trinajstić information content (AvgIpc) is 3.26. The molecule has 0 nitrogen and oxygen atoms in total. The highest BCUT2D eigenvalue weighted by molar-refractivity contribution is 7.01. The van der Waals surface area contributed by atoms with Crippen molar-refractivity contribution in [3.63, 3.8) is 0 Å². The van der Waals surface area contributed by atoms with E-state index in [-0.39, 0.29) is 25.3 Å². The zero-order valence-electron chi connectivity index (χ0n) is 30.6. The standard InChI is InChI=1S/C54H32B2/c1-3-13-31(14-4-1)47-39-17-7-9-23-43(39)55-45-29-33-26-28-36-38-20-12-22-42-48(32-15-5-2-6-16-32)40-18-8-10-24-44(40)56(54(38)42)46-30-34-25-27-35(37-19-11-21-41(47)53(37)55)51(45)49(34)50(33)52(36)46/h1-30,47-48H. The van der Waals surface area contributed by atoms with E-state index in [0.717, 1.165) is 0 Å². The minimum atomic E-state index is 0.175. The van der Waals surface area contributed by atoms with Crippen LogP contribution in [0.1, 0.15) is 45.2 Å². The largest absolute Gasteiger partial charge is 0.243 e. The molecule has 56 heavy (non-hydrogen) atoms. The monoisotopic (exact) mass is 702 g/mol. The molecule has 0 aliphatic carbocycles. The maximum atomic E-state index is 2.59. The summed E-state index contributed by atoms with van der Waals surface area (Å²) in [5.74, 6) is 0.410. The van der Waals surface area contributed by atoms with Crippen molar-refractivity contribution in [3.05, 3.63) is 215 Å². The third kappa shape index (κ3) is 3.55. The minimum absolute atomic E-state index is 0.175. The molecule has 0 aromatic heterocycles. The number of rotatable bonds is 2. The van der Waals surface area contributed by atoms with Crippen molar-refractivity contribution in [2.45, 2.75) is 11.8 Å². The zero-order valence-corrected chi connectivity index (χ0v) is 30.6. The summed E-state index contributed by atoms with van der Waals surface area (Å²) in [5, 5.41) is 8.44. The highest BCUT2D eigenvalue weighted by atomic mass is 14.4. The Hall–Kier alpha value is -6.63. The van der Waals surface area contributed by atoms with E-state index in [1.807, 2.05) is 0 Å². The van der Waals surface area contributed by atoms with Gasteiger partial charge in [-0.3, -0.25) is 0 Å². The van der Waals surface area contributed by atoms with Gasteiger partial charge in [-0.2, -0.15) is 0 Å². The fourth-order valence-corrected chi connectivity index (χ4v) is 12.2. The van der Waals surface area contributed by atoms with Crippen LogP contribution in [0.4, 0.5) is 0 Å². The van der Waals surface area contributed by atoms with Gasteiger partial charge in [0.25, 0.3) is 0 Å². The summed E-state index contributed by atoms with van der Waals surface area (Å²) in [5.41, 5.74) is 22.8. The minimum Gasteiger partial charge on any atom is -0.0667 e. The first kappa shape index (κ1) is 29.7. The van der Waals surface area contributed by atoms with Gasteiger partial charge in [0, 0.05) is 11.8 Å². The lowest BCUT2D eigenvalue weighted by atomic mass is 9.29. The van der Waals surface area contributed by atoms with E-state index in [9.17, 15) is 0 Å². The Labute approximate surface area is 326 Å². The topological polar surface area (TPSA) is 0 Å². The van der Waals surface area contributed by atoms with Crippen molar-refractivity contribution < 1.29 is 0 Å². The van der Waals surface area contributed by atoms with Gasteiger partial charge in [0.1, 0.15) is 0 Å². The second-order valence-electron chi connectivity index (χ2n) is 16.5. The lowest BCUT2D eigenvalue weighted by Gasteiger charge is -2.40. The number of hydrogen-bond donors (Lipinski definition) is 0. The zero-order chi connectivity index (χ0) is 36.2. The Morgan fingerprint density at radius 3 is 1.16 bits per heavy atom. The van der Waals surface area contributed by atoms with E-state index in [0.29, 0.717) is 0 Å². The summed E-state index contributed by atoms with van der Waals surface area (Å²) < 4.78 is 0. The molecule has 0 radical (unpaired) electrons. The van der Waals surface area contributed by atoms with Crippen LogP contribution in [0.2, 0.25) is 0 Å². The molecule has 2 heteroatoms. The van der Waals surface area contributed by atoms with Crippen LogP contribution in [0.25, 0.3) is 54.6 Å². The Morgan fingerprint density at radius 1 is 0.286 bits per heavy atom. The molecular weight excluding hydrogens is 670 g/mol. The normalized spacial score (nSPS) is 16.5. The third-order valence-electron chi connectivity index (χ3n) is 14.1. The first-order chi connectivity index (χ1) is 27.8. The van der Waals surface area contributed by atoms with Crippen LogP contribution in [0.3, 0.4) is 0 Å². The van der Waals surface area contributed by atoms with Crippen LogP contribution in [0, 0.1) is 0 Å².